The molecule has 1 heterocycles. The Morgan fingerprint density at radius 2 is 0.792 bits per heavy atom. The molecule has 0 bridgehead atoms. The van der Waals surface area contributed by atoms with Crippen molar-refractivity contribution < 1.29 is 4.57 Å². The van der Waals surface area contributed by atoms with Crippen LogP contribution in [0.15, 0.2) is 182 Å². The van der Waals surface area contributed by atoms with Gasteiger partial charge < -0.3 is 9.13 Å². The first-order valence-electron chi connectivity index (χ1n) is 18.2. The normalized spacial score (nSPS) is 12.6. The van der Waals surface area contributed by atoms with Gasteiger partial charge in [0.15, 0.2) is 7.14 Å². The molecule has 11 aromatic carbocycles. The minimum absolute atomic E-state index is 0.829. The number of hydrogen-bond donors (Lipinski definition) is 0. The molecule has 0 aliphatic rings. The van der Waals surface area contributed by atoms with E-state index in [0.717, 1.165) is 59.6 Å². The fourth-order valence-electron chi connectivity index (χ4n) is 9.41. The highest BCUT2D eigenvalue weighted by molar-refractivity contribution is 7.86. The highest BCUT2D eigenvalue weighted by atomic mass is 31.2. The summed E-state index contributed by atoms with van der Waals surface area (Å²) in [4.78, 5) is 0. The molecule has 0 saturated heterocycles. The van der Waals surface area contributed by atoms with Crippen LogP contribution in [0.5, 0.6) is 0 Å². The minimum atomic E-state index is -3.57. The third-order valence-corrected chi connectivity index (χ3v) is 14.9. The highest BCUT2D eigenvalue weighted by Gasteiger charge is 2.35. The van der Waals surface area contributed by atoms with Crippen LogP contribution in [0.25, 0.3) is 92.1 Å². The second kappa shape index (κ2) is 10.5. The van der Waals surface area contributed by atoms with Crippen molar-refractivity contribution in [1.29, 1.82) is 0 Å². The Kier molecular flexibility index (Phi) is 5.80. The van der Waals surface area contributed by atoms with Gasteiger partial charge in [-0.25, -0.2) is 0 Å². The van der Waals surface area contributed by atoms with Crippen LogP contribution in [0.3, 0.4) is 0 Å². The van der Waals surface area contributed by atoms with Crippen LogP contribution in [0, 0.1) is 0 Å². The van der Waals surface area contributed by atoms with Crippen LogP contribution >= 0.6 is 7.14 Å². The van der Waals surface area contributed by atoms with E-state index in [9.17, 15) is 0 Å². The Hall–Kier alpha value is -6.47. The van der Waals surface area contributed by atoms with Gasteiger partial charge in [0.1, 0.15) is 0 Å². The summed E-state index contributed by atoms with van der Waals surface area (Å²) in [6.07, 6.45) is 0. The van der Waals surface area contributed by atoms with Crippen molar-refractivity contribution in [3.8, 4) is 5.69 Å². The van der Waals surface area contributed by atoms with Crippen LogP contribution in [0.4, 0.5) is 0 Å². The van der Waals surface area contributed by atoms with Gasteiger partial charge in [0.2, 0.25) is 0 Å². The van der Waals surface area contributed by atoms with Gasteiger partial charge in [-0.15, -0.1) is 0 Å². The van der Waals surface area contributed by atoms with Crippen molar-refractivity contribution in [1.82, 2.24) is 4.57 Å². The highest BCUT2D eigenvalue weighted by Crippen LogP contribution is 2.50. The van der Waals surface area contributed by atoms with Crippen molar-refractivity contribution >= 4 is 109 Å². The SMILES string of the molecule is O=P(c1ccc2c3ccccc3n(-c3ccccc3)c2c1)(c1ccc2ccc3cccc4ccc1c2c34)c1ccc2ccc3cccc4ccc1c2c34. The van der Waals surface area contributed by atoms with Crippen molar-refractivity contribution in [2.24, 2.45) is 0 Å². The summed E-state index contributed by atoms with van der Waals surface area (Å²) >= 11 is 0. The molecule has 0 spiro atoms. The van der Waals surface area contributed by atoms with Gasteiger partial charge in [-0.1, -0.05) is 146 Å². The number of aromatic nitrogens is 1. The molecule has 3 heteroatoms. The van der Waals surface area contributed by atoms with Gasteiger partial charge in [0, 0.05) is 32.4 Å². The maximum atomic E-state index is 17.2. The zero-order chi connectivity index (χ0) is 34.8. The van der Waals surface area contributed by atoms with Crippen LogP contribution in [-0.4, -0.2) is 4.57 Å². The molecule has 246 valence electrons. The monoisotopic (exact) mass is 691 g/mol. The molecule has 12 rings (SSSR count). The van der Waals surface area contributed by atoms with E-state index in [4.69, 9.17) is 0 Å². The molecule has 0 saturated carbocycles. The number of rotatable bonds is 4. The van der Waals surface area contributed by atoms with Gasteiger partial charge in [-0.2, -0.15) is 0 Å². The zero-order valence-electron chi connectivity index (χ0n) is 28.6. The topological polar surface area (TPSA) is 22.0 Å². The van der Waals surface area contributed by atoms with E-state index in [0.29, 0.717) is 0 Å². The van der Waals surface area contributed by atoms with Crippen LogP contribution in [0.1, 0.15) is 0 Å². The summed E-state index contributed by atoms with van der Waals surface area (Å²) < 4.78 is 19.5. The van der Waals surface area contributed by atoms with Crippen molar-refractivity contribution in [3.63, 3.8) is 0 Å². The standard InChI is InChI=1S/C50H30NOP/c52-53(45-28-22-35-18-16-31-8-6-10-33-20-25-41(45)49(35)47(31)33,46-29-23-36-19-17-32-9-7-11-34-21-26-42(46)50(36)48(32)34)38-24-27-40-39-14-4-5-15-43(39)51(44(40)30-38)37-12-2-1-3-13-37/h1-30H. The molecular formula is C50H30NOP. The van der Waals surface area contributed by atoms with Crippen molar-refractivity contribution in [2.45, 2.75) is 0 Å². The number of hydrogen-bond acceptors (Lipinski definition) is 1. The summed E-state index contributed by atoms with van der Waals surface area (Å²) in [6, 6.07) is 65.0. The largest absolute Gasteiger partial charge is 0.309 e. The second-order valence-electron chi connectivity index (χ2n) is 14.4. The smallest absolute Gasteiger partial charge is 0.172 e. The molecule has 0 unspecified atom stereocenters. The number of nitrogens with zero attached hydrogens (tertiary/aromatic N) is 1. The average Bonchev–Trinajstić information content (AvgIpc) is 3.55. The number of benzene rings is 11. The fourth-order valence-corrected chi connectivity index (χ4v) is 12.4. The van der Waals surface area contributed by atoms with Gasteiger partial charge >= 0.3 is 0 Å². The number of para-hydroxylation sites is 2. The Bertz CT molecular complexity index is 3300. The summed E-state index contributed by atoms with van der Waals surface area (Å²) in [6.45, 7) is 0. The van der Waals surface area contributed by atoms with Crippen LogP contribution in [-0.2, 0) is 4.57 Å². The van der Waals surface area contributed by atoms with E-state index in [1.54, 1.807) is 0 Å². The molecular weight excluding hydrogens is 662 g/mol. The molecule has 0 radical (unpaired) electrons. The molecule has 0 N–H and O–H groups in total. The first-order valence-corrected chi connectivity index (χ1v) is 19.9. The fraction of sp³-hybridized carbons (Fsp3) is 0. The first-order chi connectivity index (χ1) is 26.2. The molecule has 53 heavy (non-hydrogen) atoms. The summed E-state index contributed by atoms with van der Waals surface area (Å²) in [5.41, 5.74) is 3.26. The molecule has 1 aromatic heterocycles. The summed E-state index contributed by atoms with van der Waals surface area (Å²) in [5, 5.41) is 18.9. The van der Waals surface area contributed by atoms with E-state index in [1.807, 2.05) is 0 Å². The van der Waals surface area contributed by atoms with Crippen LogP contribution in [0.2, 0.25) is 0 Å². The van der Waals surface area contributed by atoms with E-state index in [2.05, 4.69) is 187 Å². The van der Waals surface area contributed by atoms with Gasteiger partial charge in [-0.3, -0.25) is 0 Å². The lowest BCUT2D eigenvalue weighted by molar-refractivity contribution is 0.593. The van der Waals surface area contributed by atoms with E-state index in [1.165, 1.54) is 48.5 Å². The number of fused-ring (bicyclic) bond motifs is 3. The predicted octanol–water partition coefficient (Wildman–Crippen LogP) is 12.2. The summed E-state index contributed by atoms with van der Waals surface area (Å²) in [5.74, 6) is 0. The van der Waals surface area contributed by atoms with E-state index < -0.39 is 7.14 Å². The Balaban J connectivity index is 1.25. The Morgan fingerprint density at radius 3 is 1.38 bits per heavy atom. The first kappa shape index (κ1) is 29.1. The Labute approximate surface area is 305 Å². The van der Waals surface area contributed by atoms with Gasteiger partial charge in [0.05, 0.1) is 11.0 Å². The molecule has 2 nitrogen and oxygen atoms in total. The molecule has 12 aromatic rings. The lowest BCUT2D eigenvalue weighted by Crippen LogP contribution is -2.26. The Morgan fingerprint density at radius 1 is 0.340 bits per heavy atom. The van der Waals surface area contributed by atoms with Gasteiger partial charge in [-0.05, 0) is 101 Å². The summed E-state index contributed by atoms with van der Waals surface area (Å²) in [7, 11) is -3.57. The quantitative estimate of drug-likeness (QED) is 0.133. The minimum Gasteiger partial charge on any atom is -0.309 e. The van der Waals surface area contributed by atoms with E-state index in [-0.39, 0.29) is 0 Å². The molecule has 0 fully saturated rings. The maximum absolute atomic E-state index is 17.2. The average molecular weight is 692 g/mol. The van der Waals surface area contributed by atoms with Crippen LogP contribution < -0.4 is 15.9 Å². The van der Waals surface area contributed by atoms with Gasteiger partial charge in [0.25, 0.3) is 0 Å². The molecule has 0 aliphatic heterocycles. The lowest BCUT2D eigenvalue weighted by atomic mass is 9.94. The predicted molar refractivity (Wildman–Crippen MR) is 228 cm³/mol. The van der Waals surface area contributed by atoms with E-state index >= 15 is 4.57 Å². The molecule has 0 atom stereocenters. The second-order valence-corrected chi connectivity index (χ2v) is 17.1. The maximum Gasteiger partial charge on any atom is 0.172 e. The zero-order valence-corrected chi connectivity index (χ0v) is 29.5. The van der Waals surface area contributed by atoms with Crippen molar-refractivity contribution in [2.75, 3.05) is 0 Å². The third-order valence-electron chi connectivity index (χ3n) is 11.7. The molecule has 0 aliphatic carbocycles. The van der Waals surface area contributed by atoms with Crippen molar-refractivity contribution in [3.05, 3.63) is 182 Å². The third kappa shape index (κ3) is 3.86. The molecule has 0 amide bonds. The lowest BCUT2D eigenvalue weighted by Gasteiger charge is -2.25.